The van der Waals surface area contributed by atoms with Crippen LogP contribution < -0.4 is 10.1 Å². The lowest BCUT2D eigenvalue weighted by molar-refractivity contribution is 0.0910. The van der Waals surface area contributed by atoms with Gasteiger partial charge in [0.2, 0.25) is 0 Å². The zero-order chi connectivity index (χ0) is 14.7. The van der Waals surface area contributed by atoms with Crippen molar-refractivity contribution in [3.05, 3.63) is 53.0 Å². The smallest absolute Gasteiger partial charge is 0.287 e. The molecule has 1 aromatic carbocycles. The first-order valence-electron chi connectivity index (χ1n) is 6.52. The van der Waals surface area contributed by atoms with Gasteiger partial charge in [-0.05, 0) is 32.9 Å². The van der Waals surface area contributed by atoms with Crippen LogP contribution >= 0.6 is 0 Å². The van der Waals surface area contributed by atoms with Gasteiger partial charge in [0, 0.05) is 11.1 Å². The fourth-order valence-electron chi connectivity index (χ4n) is 2.14. The van der Waals surface area contributed by atoms with Crippen molar-refractivity contribution in [2.45, 2.75) is 26.8 Å². The molecule has 1 aromatic heterocycles. The highest BCUT2D eigenvalue weighted by atomic mass is 16.5. The van der Waals surface area contributed by atoms with Gasteiger partial charge in [-0.3, -0.25) is 4.79 Å². The number of hydrogen-bond donors (Lipinski definition) is 1. The van der Waals surface area contributed by atoms with Crippen LogP contribution in [0.3, 0.4) is 0 Å². The third kappa shape index (κ3) is 2.85. The van der Waals surface area contributed by atoms with Crippen LogP contribution in [-0.2, 0) is 0 Å². The summed E-state index contributed by atoms with van der Waals surface area (Å²) in [7, 11) is 1.62. The zero-order valence-corrected chi connectivity index (χ0v) is 12.2. The molecule has 0 aliphatic rings. The normalized spacial score (nSPS) is 12.0. The fourth-order valence-corrected chi connectivity index (χ4v) is 2.14. The Morgan fingerprint density at radius 3 is 2.65 bits per heavy atom. The maximum Gasteiger partial charge on any atom is 0.287 e. The SMILES string of the molecule is COc1ccc(C)cc1C(C)NC(=O)c1occc1C. The molecule has 0 saturated heterocycles. The molecular formula is C16H19NO3. The van der Waals surface area contributed by atoms with E-state index in [0.29, 0.717) is 5.76 Å². The van der Waals surface area contributed by atoms with Crippen LogP contribution in [0.25, 0.3) is 0 Å². The van der Waals surface area contributed by atoms with E-state index in [1.807, 2.05) is 39.0 Å². The molecule has 1 amide bonds. The highest BCUT2D eigenvalue weighted by Gasteiger charge is 2.18. The second-order valence-corrected chi connectivity index (χ2v) is 4.87. The third-order valence-corrected chi connectivity index (χ3v) is 3.27. The zero-order valence-electron chi connectivity index (χ0n) is 12.2. The summed E-state index contributed by atoms with van der Waals surface area (Å²) in [5, 5.41) is 2.93. The molecule has 2 rings (SSSR count). The molecule has 2 aromatic rings. The predicted molar refractivity (Wildman–Crippen MR) is 77.1 cm³/mol. The Bertz CT molecular complexity index is 616. The molecule has 0 saturated carbocycles. The molecule has 1 atom stereocenters. The van der Waals surface area contributed by atoms with Crippen molar-refractivity contribution in [2.75, 3.05) is 7.11 Å². The van der Waals surface area contributed by atoms with Gasteiger partial charge in [0.15, 0.2) is 5.76 Å². The van der Waals surface area contributed by atoms with Crippen LogP contribution in [0.2, 0.25) is 0 Å². The molecular weight excluding hydrogens is 254 g/mol. The summed E-state index contributed by atoms with van der Waals surface area (Å²) < 4.78 is 10.5. The number of amides is 1. The van der Waals surface area contributed by atoms with Crippen molar-refractivity contribution in [2.24, 2.45) is 0 Å². The van der Waals surface area contributed by atoms with Gasteiger partial charge in [-0.2, -0.15) is 0 Å². The van der Waals surface area contributed by atoms with Crippen molar-refractivity contribution in [1.82, 2.24) is 5.32 Å². The number of aryl methyl sites for hydroxylation is 2. The molecule has 1 unspecified atom stereocenters. The number of methoxy groups -OCH3 is 1. The Hall–Kier alpha value is -2.23. The van der Waals surface area contributed by atoms with E-state index in [-0.39, 0.29) is 11.9 Å². The van der Waals surface area contributed by atoms with Gasteiger partial charge < -0.3 is 14.5 Å². The van der Waals surface area contributed by atoms with E-state index < -0.39 is 0 Å². The summed E-state index contributed by atoms with van der Waals surface area (Å²) in [6.45, 7) is 5.78. The number of furan rings is 1. The van der Waals surface area contributed by atoms with E-state index >= 15 is 0 Å². The predicted octanol–water partition coefficient (Wildman–Crippen LogP) is 3.40. The Morgan fingerprint density at radius 1 is 1.30 bits per heavy atom. The van der Waals surface area contributed by atoms with Crippen molar-refractivity contribution in [1.29, 1.82) is 0 Å². The molecule has 4 heteroatoms. The maximum absolute atomic E-state index is 12.1. The van der Waals surface area contributed by atoms with Gasteiger partial charge in [0.25, 0.3) is 5.91 Å². The van der Waals surface area contributed by atoms with Crippen LogP contribution in [0.15, 0.2) is 34.9 Å². The van der Waals surface area contributed by atoms with E-state index in [1.54, 1.807) is 13.2 Å². The molecule has 0 aliphatic heterocycles. The Labute approximate surface area is 118 Å². The lowest BCUT2D eigenvalue weighted by atomic mass is 10.0. The summed E-state index contributed by atoms with van der Waals surface area (Å²) in [6, 6.07) is 7.51. The largest absolute Gasteiger partial charge is 0.496 e. The van der Waals surface area contributed by atoms with Crippen molar-refractivity contribution < 1.29 is 13.9 Å². The van der Waals surface area contributed by atoms with Gasteiger partial charge in [-0.25, -0.2) is 0 Å². The summed E-state index contributed by atoms with van der Waals surface area (Å²) >= 11 is 0. The van der Waals surface area contributed by atoms with E-state index in [0.717, 1.165) is 22.4 Å². The minimum absolute atomic E-state index is 0.165. The van der Waals surface area contributed by atoms with Gasteiger partial charge in [-0.1, -0.05) is 17.7 Å². The number of ether oxygens (including phenoxy) is 1. The van der Waals surface area contributed by atoms with Crippen molar-refractivity contribution in [3.8, 4) is 5.75 Å². The number of carbonyl (C=O) groups excluding carboxylic acids is 1. The molecule has 4 nitrogen and oxygen atoms in total. The highest BCUT2D eigenvalue weighted by Crippen LogP contribution is 2.26. The van der Waals surface area contributed by atoms with Gasteiger partial charge in [0.1, 0.15) is 5.75 Å². The quantitative estimate of drug-likeness (QED) is 0.929. The lowest BCUT2D eigenvalue weighted by Crippen LogP contribution is -2.27. The summed E-state index contributed by atoms with van der Waals surface area (Å²) in [5.41, 5.74) is 2.90. The van der Waals surface area contributed by atoms with Crippen LogP contribution in [0.1, 0.15) is 40.2 Å². The third-order valence-electron chi connectivity index (χ3n) is 3.27. The molecule has 0 aliphatic carbocycles. The van der Waals surface area contributed by atoms with Gasteiger partial charge >= 0.3 is 0 Å². The first kappa shape index (κ1) is 14.2. The molecule has 1 N–H and O–H groups in total. The summed E-state index contributed by atoms with van der Waals surface area (Å²) in [4.78, 5) is 12.1. The fraction of sp³-hybridized carbons (Fsp3) is 0.312. The maximum atomic E-state index is 12.1. The van der Waals surface area contributed by atoms with Gasteiger partial charge in [0.05, 0.1) is 19.4 Å². The van der Waals surface area contributed by atoms with Crippen LogP contribution in [0.4, 0.5) is 0 Å². The molecule has 1 heterocycles. The number of rotatable bonds is 4. The second-order valence-electron chi connectivity index (χ2n) is 4.87. The topological polar surface area (TPSA) is 51.5 Å². The highest BCUT2D eigenvalue weighted by molar-refractivity contribution is 5.93. The second kappa shape index (κ2) is 5.82. The minimum atomic E-state index is -0.219. The van der Waals surface area contributed by atoms with Crippen LogP contribution in [0, 0.1) is 13.8 Å². The van der Waals surface area contributed by atoms with E-state index in [4.69, 9.17) is 9.15 Å². The monoisotopic (exact) mass is 273 g/mol. The average molecular weight is 273 g/mol. The molecule has 0 fully saturated rings. The van der Waals surface area contributed by atoms with Crippen molar-refractivity contribution >= 4 is 5.91 Å². The summed E-state index contributed by atoms with van der Waals surface area (Å²) in [6.07, 6.45) is 1.52. The minimum Gasteiger partial charge on any atom is -0.496 e. The van der Waals surface area contributed by atoms with Crippen molar-refractivity contribution in [3.63, 3.8) is 0 Å². The molecule has 0 bridgehead atoms. The first-order valence-corrected chi connectivity index (χ1v) is 6.52. The van der Waals surface area contributed by atoms with E-state index in [2.05, 4.69) is 5.32 Å². The van der Waals surface area contributed by atoms with Crippen LogP contribution in [-0.4, -0.2) is 13.0 Å². The Balaban J connectivity index is 2.20. The number of nitrogens with one attached hydrogen (secondary N) is 1. The van der Waals surface area contributed by atoms with Crippen LogP contribution in [0.5, 0.6) is 5.75 Å². The molecule has 0 spiro atoms. The number of hydrogen-bond acceptors (Lipinski definition) is 3. The van der Waals surface area contributed by atoms with Gasteiger partial charge in [-0.15, -0.1) is 0 Å². The number of benzene rings is 1. The average Bonchev–Trinajstić information content (AvgIpc) is 2.85. The Kier molecular flexibility index (Phi) is 4.13. The van der Waals surface area contributed by atoms with E-state index in [9.17, 15) is 4.79 Å². The van der Waals surface area contributed by atoms with E-state index in [1.165, 1.54) is 6.26 Å². The standard InChI is InChI=1S/C16H19NO3/c1-10-5-6-14(19-4)13(9-10)12(3)17-16(18)15-11(2)7-8-20-15/h5-9,12H,1-4H3,(H,17,18). The lowest BCUT2D eigenvalue weighted by Gasteiger charge is -2.17. The summed E-state index contributed by atoms with van der Waals surface area (Å²) in [5.74, 6) is 0.895. The molecule has 20 heavy (non-hydrogen) atoms. The Morgan fingerprint density at radius 2 is 2.05 bits per heavy atom. The molecule has 106 valence electrons. The first-order chi connectivity index (χ1) is 9.52. The molecule has 0 radical (unpaired) electrons. The number of carbonyl (C=O) groups is 1.